The molecule has 0 radical (unpaired) electrons. The number of hydrogen-bond donors (Lipinski definition) is 1. The van der Waals surface area contributed by atoms with Crippen LogP contribution in [0.2, 0.25) is 0 Å². The highest BCUT2D eigenvalue weighted by atomic mass is 32.1. The lowest BCUT2D eigenvalue weighted by atomic mass is 10.1. The minimum Gasteiger partial charge on any atom is -0.494 e. The Balaban J connectivity index is 1.90. The molecular formula is C20H20N4OS. The predicted octanol–water partition coefficient (Wildman–Crippen LogP) is 4.94. The molecule has 1 aromatic heterocycles. The Morgan fingerprint density at radius 1 is 1.23 bits per heavy atom. The van der Waals surface area contributed by atoms with Crippen LogP contribution in [0, 0.1) is 4.77 Å². The Labute approximate surface area is 157 Å². The van der Waals surface area contributed by atoms with Crippen molar-refractivity contribution in [1.82, 2.24) is 14.9 Å². The first-order chi connectivity index (χ1) is 12.7. The summed E-state index contributed by atoms with van der Waals surface area (Å²) in [5.74, 6) is 1.43. The van der Waals surface area contributed by atoms with Gasteiger partial charge in [0.2, 0.25) is 4.77 Å². The van der Waals surface area contributed by atoms with E-state index in [0.29, 0.717) is 17.2 Å². The number of nitrogens with one attached hydrogen (secondary N) is 1. The third kappa shape index (κ3) is 4.34. The van der Waals surface area contributed by atoms with Crippen LogP contribution >= 0.6 is 12.2 Å². The highest BCUT2D eigenvalue weighted by Crippen LogP contribution is 2.22. The van der Waals surface area contributed by atoms with Crippen molar-refractivity contribution in [2.75, 3.05) is 6.61 Å². The Kier molecular flexibility index (Phi) is 5.76. The maximum Gasteiger partial charge on any atom is 0.216 e. The Hall–Kier alpha value is -2.99. The standard InChI is InChI=1S/C20H20N4OS/c1-3-25-18-11-7-10-17(13-18)19-22-23-20(26)24(19)21-14-15(2)12-16-8-5-4-6-9-16/h4-14H,3H2,1-2H3,(H,23,26)/b15-12+,21-14-. The lowest BCUT2D eigenvalue weighted by Gasteiger charge is -2.05. The van der Waals surface area contributed by atoms with E-state index in [1.165, 1.54) is 0 Å². The number of aromatic nitrogens is 3. The van der Waals surface area contributed by atoms with Gasteiger partial charge >= 0.3 is 0 Å². The highest BCUT2D eigenvalue weighted by Gasteiger charge is 2.09. The number of ether oxygens (including phenoxy) is 1. The fourth-order valence-corrected chi connectivity index (χ4v) is 2.65. The SMILES string of the molecule is CCOc1cccc(-c2n[nH]c(=S)n2/N=C\C(C)=C\c2ccccc2)c1. The molecule has 0 amide bonds. The van der Waals surface area contributed by atoms with Crippen LogP contribution < -0.4 is 4.74 Å². The molecule has 26 heavy (non-hydrogen) atoms. The van der Waals surface area contributed by atoms with E-state index in [9.17, 15) is 0 Å². The number of H-pyrrole nitrogens is 1. The second kappa shape index (κ2) is 8.40. The fourth-order valence-electron chi connectivity index (χ4n) is 2.48. The molecular weight excluding hydrogens is 344 g/mol. The zero-order valence-electron chi connectivity index (χ0n) is 14.7. The Morgan fingerprint density at radius 3 is 2.81 bits per heavy atom. The molecule has 6 heteroatoms. The molecule has 3 aromatic rings. The first kappa shape index (κ1) is 17.8. The second-order valence-corrected chi connectivity index (χ2v) is 6.06. The summed E-state index contributed by atoms with van der Waals surface area (Å²) in [5, 5.41) is 11.6. The number of allylic oxidation sites excluding steroid dienone is 1. The molecule has 0 fully saturated rings. The van der Waals surface area contributed by atoms with Crippen LogP contribution in [0.15, 0.2) is 65.3 Å². The van der Waals surface area contributed by atoms with Crippen molar-refractivity contribution in [3.63, 3.8) is 0 Å². The number of nitrogens with zero attached hydrogens (tertiary/aromatic N) is 3. The summed E-state index contributed by atoms with van der Waals surface area (Å²) in [4.78, 5) is 0. The topological polar surface area (TPSA) is 55.2 Å². The molecule has 0 aliphatic heterocycles. The van der Waals surface area contributed by atoms with E-state index in [1.54, 1.807) is 10.9 Å². The first-order valence-electron chi connectivity index (χ1n) is 8.35. The van der Waals surface area contributed by atoms with Gasteiger partial charge < -0.3 is 4.74 Å². The monoisotopic (exact) mass is 364 g/mol. The van der Waals surface area contributed by atoms with Gasteiger partial charge in [-0.25, -0.2) is 5.10 Å². The van der Waals surface area contributed by atoms with E-state index >= 15 is 0 Å². The van der Waals surface area contributed by atoms with E-state index in [0.717, 1.165) is 22.4 Å². The molecule has 0 bridgehead atoms. The summed E-state index contributed by atoms with van der Waals surface area (Å²) in [5.41, 5.74) is 3.01. The van der Waals surface area contributed by atoms with Gasteiger partial charge in [0.05, 0.1) is 12.8 Å². The van der Waals surface area contributed by atoms with Gasteiger partial charge in [-0.3, -0.25) is 0 Å². The molecule has 0 aliphatic rings. The van der Waals surface area contributed by atoms with Gasteiger partial charge in [-0.2, -0.15) is 14.9 Å². The summed E-state index contributed by atoms with van der Waals surface area (Å²) < 4.78 is 7.61. The number of aromatic amines is 1. The van der Waals surface area contributed by atoms with Crippen molar-refractivity contribution in [1.29, 1.82) is 0 Å². The van der Waals surface area contributed by atoms with Crippen molar-refractivity contribution in [3.8, 4) is 17.1 Å². The summed E-state index contributed by atoms with van der Waals surface area (Å²) in [7, 11) is 0. The molecule has 0 unspecified atom stereocenters. The minimum atomic E-state index is 0.436. The van der Waals surface area contributed by atoms with Crippen LogP contribution in [0.1, 0.15) is 19.4 Å². The number of benzene rings is 2. The quantitative estimate of drug-likeness (QED) is 0.498. The summed E-state index contributed by atoms with van der Waals surface area (Å²) >= 11 is 5.32. The van der Waals surface area contributed by atoms with Gasteiger partial charge in [-0.15, -0.1) is 0 Å². The van der Waals surface area contributed by atoms with Crippen LogP contribution in [0.4, 0.5) is 0 Å². The average molecular weight is 364 g/mol. The van der Waals surface area contributed by atoms with Crippen molar-refractivity contribution >= 4 is 24.5 Å². The lowest BCUT2D eigenvalue weighted by Crippen LogP contribution is -1.96. The molecule has 132 valence electrons. The zero-order chi connectivity index (χ0) is 18.4. The molecule has 0 aliphatic carbocycles. The maximum absolute atomic E-state index is 5.56. The summed E-state index contributed by atoms with van der Waals surface area (Å²) in [6.07, 6.45) is 3.83. The van der Waals surface area contributed by atoms with Crippen LogP contribution in [-0.2, 0) is 0 Å². The molecule has 0 saturated heterocycles. The third-order valence-electron chi connectivity index (χ3n) is 3.62. The lowest BCUT2D eigenvalue weighted by molar-refractivity contribution is 0.340. The average Bonchev–Trinajstić information content (AvgIpc) is 3.02. The van der Waals surface area contributed by atoms with Crippen molar-refractivity contribution in [2.24, 2.45) is 5.10 Å². The van der Waals surface area contributed by atoms with Gasteiger partial charge in [0, 0.05) is 5.56 Å². The first-order valence-corrected chi connectivity index (χ1v) is 8.76. The van der Waals surface area contributed by atoms with Gasteiger partial charge in [0.15, 0.2) is 5.82 Å². The number of rotatable bonds is 6. The summed E-state index contributed by atoms with van der Waals surface area (Å²) in [6.45, 7) is 4.56. The minimum absolute atomic E-state index is 0.436. The second-order valence-electron chi connectivity index (χ2n) is 5.67. The maximum atomic E-state index is 5.56. The van der Waals surface area contributed by atoms with Crippen LogP contribution in [0.25, 0.3) is 17.5 Å². The van der Waals surface area contributed by atoms with Crippen molar-refractivity contribution < 1.29 is 4.74 Å². The molecule has 5 nitrogen and oxygen atoms in total. The molecule has 3 rings (SSSR count). The van der Waals surface area contributed by atoms with Crippen LogP contribution in [0.5, 0.6) is 5.75 Å². The third-order valence-corrected chi connectivity index (χ3v) is 3.89. The van der Waals surface area contributed by atoms with Crippen molar-refractivity contribution in [2.45, 2.75) is 13.8 Å². The highest BCUT2D eigenvalue weighted by molar-refractivity contribution is 7.71. The largest absolute Gasteiger partial charge is 0.494 e. The molecule has 1 N–H and O–H groups in total. The molecule has 0 saturated carbocycles. The molecule has 0 atom stereocenters. The summed E-state index contributed by atoms with van der Waals surface area (Å²) in [6, 6.07) is 17.8. The molecule has 2 aromatic carbocycles. The van der Waals surface area contributed by atoms with E-state index in [-0.39, 0.29) is 0 Å². The van der Waals surface area contributed by atoms with E-state index < -0.39 is 0 Å². The number of hydrogen-bond acceptors (Lipinski definition) is 4. The molecule has 1 heterocycles. The Morgan fingerprint density at radius 2 is 2.04 bits per heavy atom. The normalized spacial score (nSPS) is 11.8. The van der Waals surface area contributed by atoms with Gasteiger partial charge in [-0.1, -0.05) is 48.5 Å². The Bertz CT molecular complexity index is 986. The van der Waals surface area contributed by atoms with E-state index in [2.05, 4.69) is 21.4 Å². The van der Waals surface area contributed by atoms with E-state index in [4.69, 9.17) is 17.0 Å². The van der Waals surface area contributed by atoms with Gasteiger partial charge in [-0.05, 0) is 49.3 Å². The van der Waals surface area contributed by atoms with Crippen molar-refractivity contribution in [3.05, 3.63) is 70.5 Å². The van der Waals surface area contributed by atoms with E-state index in [1.807, 2.05) is 68.4 Å². The van der Waals surface area contributed by atoms with Crippen LogP contribution in [-0.4, -0.2) is 27.7 Å². The predicted molar refractivity (Wildman–Crippen MR) is 108 cm³/mol. The zero-order valence-corrected chi connectivity index (χ0v) is 15.5. The fraction of sp³-hybridized carbons (Fsp3) is 0.150. The van der Waals surface area contributed by atoms with Gasteiger partial charge in [0.1, 0.15) is 5.75 Å². The van der Waals surface area contributed by atoms with Crippen LogP contribution in [0.3, 0.4) is 0 Å². The molecule has 0 spiro atoms. The smallest absolute Gasteiger partial charge is 0.216 e. The van der Waals surface area contributed by atoms with Gasteiger partial charge in [0.25, 0.3) is 0 Å².